The summed E-state index contributed by atoms with van der Waals surface area (Å²) in [6.07, 6.45) is 28.9. The van der Waals surface area contributed by atoms with Crippen LogP contribution in [0.25, 0.3) is 0 Å². The fourth-order valence-corrected chi connectivity index (χ4v) is 11.5. The Kier molecular flexibility index (Phi) is 11.1. The van der Waals surface area contributed by atoms with E-state index in [2.05, 4.69) is 240 Å². The first-order valence-corrected chi connectivity index (χ1v) is 23.1. The second-order valence-electron chi connectivity index (χ2n) is 17.2. The van der Waals surface area contributed by atoms with E-state index in [1.807, 2.05) is 0 Å². The summed E-state index contributed by atoms with van der Waals surface area (Å²) in [5.74, 6) is 1.77. The highest BCUT2D eigenvalue weighted by Crippen LogP contribution is 2.49. The number of hydrogen-bond acceptors (Lipinski definition) is 5. The molecule has 5 aliphatic heterocycles. The van der Waals surface area contributed by atoms with Crippen LogP contribution in [0.3, 0.4) is 0 Å². The Bertz CT molecular complexity index is 3000. The van der Waals surface area contributed by atoms with Gasteiger partial charge in [-0.25, -0.2) is 0 Å². The molecule has 0 spiro atoms. The second kappa shape index (κ2) is 16.6. The first-order valence-electron chi connectivity index (χ1n) is 23.1. The monoisotopic (exact) mass is 832 g/mol. The third-order valence-electron chi connectivity index (χ3n) is 13.9. The highest BCUT2D eigenvalue weighted by Gasteiger charge is 2.53. The smallest absolute Gasteiger partial charge is 0.252 e. The van der Waals surface area contributed by atoms with Gasteiger partial charge in [-0.3, -0.25) is 0 Å². The number of rotatable bonds is 8. The molecule has 4 aromatic rings. The van der Waals surface area contributed by atoms with Crippen LogP contribution in [-0.2, 0) is 0 Å². The number of ether oxygens (including phenoxy) is 1. The number of hydrogen-bond donors (Lipinski definition) is 0. The van der Waals surface area contributed by atoms with E-state index in [-0.39, 0.29) is 13.4 Å². The first kappa shape index (κ1) is 42.9. The maximum atomic E-state index is 7.13. The van der Waals surface area contributed by atoms with E-state index >= 15 is 0 Å². The quantitative estimate of drug-likeness (QED) is 0.165. The van der Waals surface area contributed by atoms with Gasteiger partial charge in [0.1, 0.15) is 35.0 Å². The molecule has 0 fully saturated rings. The molecule has 9 rings (SSSR count). The maximum Gasteiger partial charge on any atom is 0.252 e. The SMILES string of the molecule is Bc1c2c(c(B)c3c1N(C(/C=C\C)=C/C)C(/C=C\C)=C(C)O3)N(C(/C=C\C)=C/C)c1c(B)c3c4c5c1B2C(/C=C\C)=C(C)N5c1ccccc1B4c1ccccc1N3C(/C=C\C)=C/C. The Morgan fingerprint density at radius 1 is 0.516 bits per heavy atom. The lowest BCUT2D eigenvalue weighted by Gasteiger charge is -2.53. The predicted molar refractivity (Wildman–Crippen MR) is 290 cm³/mol. The third-order valence-corrected chi connectivity index (χ3v) is 13.9. The lowest BCUT2D eigenvalue weighted by atomic mass is 9.27. The molecule has 0 bridgehead atoms. The zero-order chi connectivity index (χ0) is 45.3. The molecule has 0 atom stereocenters. The van der Waals surface area contributed by atoms with Gasteiger partial charge < -0.3 is 24.3 Å². The van der Waals surface area contributed by atoms with Crippen molar-refractivity contribution in [3.05, 3.63) is 167 Å². The highest BCUT2D eigenvalue weighted by molar-refractivity contribution is 7.04. The van der Waals surface area contributed by atoms with Gasteiger partial charge in [0.25, 0.3) is 13.4 Å². The number of fused-ring (bicyclic) bond motifs is 8. The van der Waals surface area contributed by atoms with Crippen molar-refractivity contribution in [3.63, 3.8) is 0 Å². The van der Waals surface area contributed by atoms with Crippen LogP contribution >= 0.6 is 0 Å². The molecule has 0 amide bonds. The predicted octanol–water partition coefficient (Wildman–Crippen LogP) is 5.79. The van der Waals surface area contributed by atoms with Crippen LogP contribution in [0.15, 0.2) is 167 Å². The van der Waals surface area contributed by atoms with Crippen molar-refractivity contribution in [2.75, 3.05) is 19.6 Å². The molecule has 314 valence electrons. The zero-order valence-electron chi connectivity index (χ0n) is 40.0. The van der Waals surface area contributed by atoms with Crippen LogP contribution in [0.2, 0.25) is 0 Å². The topological polar surface area (TPSA) is 22.2 Å². The fourth-order valence-electron chi connectivity index (χ4n) is 11.5. The summed E-state index contributed by atoms with van der Waals surface area (Å²) in [6.45, 7) is 21.5. The molecule has 0 N–H and O–H groups in total. The largest absolute Gasteiger partial charge is 0.458 e. The lowest BCUT2D eigenvalue weighted by molar-refractivity contribution is 0.417. The summed E-state index contributed by atoms with van der Waals surface area (Å²) < 4.78 is 7.13. The van der Waals surface area contributed by atoms with Crippen LogP contribution < -0.4 is 68.0 Å². The Labute approximate surface area is 385 Å². The van der Waals surface area contributed by atoms with Gasteiger partial charge in [-0.05, 0) is 149 Å². The molecule has 0 saturated heterocycles. The van der Waals surface area contributed by atoms with Gasteiger partial charge in [-0.1, -0.05) is 96.5 Å². The van der Waals surface area contributed by atoms with E-state index in [4.69, 9.17) is 4.74 Å². The molecule has 0 aromatic heterocycles. The van der Waals surface area contributed by atoms with Crippen LogP contribution in [-0.4, -0.2) is 37.0 Å². The van der Waals surface area contributed by atoms with E-state index < -0.39 is 0 Å². The first-order chi connectivity index (χ1) is 31.1. The van der Waals surface area contributed by atoms with E-state index in [9.17, 15) is 0 Å². The third kappa shape index (κ3) is 5.83. The van der Waals surface area contributed by atoms with Gasteiger partial charge >= 0.3 is 0 Å². The Morgan fingerprint density at radius 2 is 1.03 bits per heavy atom. The van der Waals surface area contributed by atoms with Crippen molar-refractivity contribution in [2.45, 2.75) is 69.2 Å². The molecule has 0 unspecified atom stereocenters. The van der Waals surface area contributed by atoms with Gasteiger partial charge in [-0.2, -0.15) is 0 Å². The van der Waals surface area contributed by atoms with Crippen molar-refractivity contribution in [1.29, 1.82) is 0 Å². The summed E-state index contributed by atoms with van der Waals surface area (Å²) in [4.78, 5) is 10.2. The Morgan fingerprint density at radius 3 is 1.62 bits per heavy atom. The molecule has 5 heterocycles. The van der Waals surface area contributed by atoms with E-state index in [0.29, 0.717) is 0 Å². The van der Waals surface area contributed by atoms with Crippen molar-refractivity contribution in [1.82, 2.24) is 0 Å². The molecule has 0 radical (unpaired) electrons. The van der Waals surface area contributed by atoms with E-state index in [1.165, 1.54) is 83.5 Å². The zero-order valence-corrected chi connectivity index (χ0v) is 40.0. The summed E-state index contributed by atoms with van der Waals surface area (Å²) >= 11 is 0. The summed E-state index contributed by atoms with van der Waals surface area (Å²) in [7, 11) is 7.01. The van der Waals surface area contributed by atoms with Gasteiger partial charge in [0.05, 0.1) is 11.4 Å². The van der Waals surface area contributed by atoms with Gasteiger partial charge in [0.2, 0.25) is 0 Å². The minimum atomic E-state index is -0.0801. The van der Waals surface area contributed by atoms with E-state index in [1.54, 1.807) is 0 Å². The summed E-state index contributed by atoms with van der Waals surface area (Å²) in [5, 5.41) is 0. The molecule has 4 aromatic carbocycles. The minimum Gasteiger partial charge on any atom is -0.458 e. The van der Waals surface area contributed by atoms with Crippen LogP contribution in [0.1, 0.15) is 69.2 Å². The molecule has 0 saturated carbocycles. The molecule has 5 aliphatic rings. The maximum absolute atomic E-state index is 7.13. The van der Waals surface area contributed by atoms with Gasteiger partial charge in [0, 0.05) is 56.9 Å². The van der Waals surface area contributed by atoms with Crippen LogP contribution in [0.5, 0.6) is 5.75 Å². The summed E-state index contributed by atoms with van der Waals surface area (Å²) in [5.41, 5.74) is 25.8. The average molecular weight is 832 g/mol. The average Bonchev–Trinajstić information content (AvgIpc) is 3.30. The molecule has 64 heavy (non-hydrogen) atoms. The van der Waals surface area contributed by atoms with Gasteiger partial charge in [-0.15, -0.1) is 0 Å². The lowest BCUT2D eigenvalue weighted by Crippen LogP contribution is -2.70. The second-order valence-corrected chi connectivity index (χ2v) is 17.2. The Balaban J connectivity index is 1.54. The van der Waals surface area contributed by atoms with Crippen molar-refractivity contribution in [2.24, 2.45) is 0 Å². The molecule has 0 aliphatic carbocycles. The summed E-state index contributed by atoms with van der Waals surface area (Å²) in [6, 6.07) is 18.3. The van der Waals surface area contributed by atoms with E-state index in [0.717, 1.165) is 45.4 Å². The number of anilines is 7. The van der Waals surface area contributed by atoms with Crippen LogP contribution in [0.4, 0.5) is 39.8 Å². The molecule has 5 nitrogen and oxygen atoms in total. The molecular weight excluding hydrogens is 775 g/mol. The fraction of sp³-hybridized carbons (Fsp3) is 0.185. The van der Waals surface area contributed by atoms with Gasteiger partial charge in [0.15, 0.2) is 0 Å². The number of nitrogens with zero attached hydrogens (tertiary/aromatic N) is 4. The number of para-hydroxylation sites is 2. The number of benzene rings is 4. The minimum absolute atomic E-state index is 0.0331. The normalized spacial score (nSPS) is 16.9. The molecular formula is C54H57B5N4O. The van der Waals surface area contributed by atoms with Crippen molar-refractivity contribution in [3.8, 4) is 5.75 Å². The van der Waals surface area contributed by atoms with Crippen molar-refractivity contribution < 1.29 is 4.74 Å². The Hall–Kier alpha value is -6.40. The van der Waals surface area contributed by atoms with Crippen LogP contribution in [0, 0.1) is 0 Å². The molecule has 10 heteroatoms. The highest BCUT2D eigenvalue weighted by atomic mass is 16.5. The van der Waals surface area contributed by atoms with Crippen molar-refractivity contribution >= 4 is 120 Å². The number of allylic oxidation sites excluding steroid dienone is 16. The standard InChI is InChI=1S/C54H57B5N4O/c1-11-23-34(16-6)61-40(27-15-5)33(10)64-54-45(57)51-46(43(55)52(54)61)59-37(26-14-4)32(9)60-41-30-21-19-28-38(41)58-39-29-20-22-31-42(39)62(35(17-7)24-12-2)49-44(56)50(48(59)53(60)47(49)58)63(51)36(18-8)25-13-3/h11-31H,55-57H2,1-10H3/b23-11-,24-12-,25-13-,26-14-,27-15-,34-16+,35-17+,36-18+.